The van der Waals surface area contributed by atoms with Crippen LogP contribution in [0.1, 0.15) is 62.6 Å². The van der Waals surface area contributed by atoms with Crippen molar-refractivity contribution in [3.63, 3.8) is 0 Å². The zero-order valence-corrected chi connectivity index (χ0v) is 16.8. The highest BCUT2D eigenvalue weighted by molar-refractivity contribution is 5.85. The third kappa shape index (κ3) is 5.61. The average Bonchev–Trinajstić information content (AvgIpc) is 2.55. The minimum atomic E-state index is -0.793. The molecule has 1 aliphatic rings. The molecule has 1 aromatic rings. The Hall–Kier alpha value is -1.26. The van der Waals surface area contributed by atoms with Crippen molar-refractivity contribution < 1.29 is 9.90 Å². The van der Waals surface area contributed by atoms with Gasteiger partial charge in [0.1, 0.15) is 0 Å². The zero-order valence-electron chi connectivity index (χ0n) is 15.9. The Morgan fingerprint density at radius 3 is 2.68 bits per heavy atom. The van der Waals surface area contributed by atoms with E-state index in [0.717, 1.165) is 37.8 Å². The van der Waals surface area contributed by atoms with Gasteiger partial charge in [0.2, 0.25) is 0 Å². The Kier molecular flexibility index (Phi) is 8.74. The monoisotopic (exact) mass is 368 g/mol. The van der Waals surface area contributed by atoms with Crippen molar-refractivity contribution in [3.05, 3.63) is 35.4 Å². The number of amides is 1. The molecule has 1 aromatic carbocycles. The predicted molar refractivity (Wildman–Crippen MR) is 106 cm³/mol. The van der Waals surface area contributed by atoms with Crippen LogP contribution in [0.4, 0.5) is 4.79 Å². The topological polar surface area (TPSA) is 43.8 Å². The normalized spacial score (nSPS) is 20.0. The van der Waals surface area contributed by atoms with Crippen molar-refractivity contribution >= 4 is 18.5 Å². The van der Waals surface area contributed by atoms with Crippen LogP contribution < -0.4 is 0 Å². The largest absolute Gasteiger partial charge is 0.465 e. The number of hydrogen-bond donors (Lipinski definition) is 1. The molecule has 2 rings (SSSR count). The molecule has 0 saturated carbocycles. The second-order valence-electron chi connectivity index (χ2n) is 7.41. The van der Waals surface area contributed by atoms with Crippen LogP contribution in [0.25, 0.3) is 0 Å². The fraction of sp³-hybridized carbons (Fsp3) is 0.650. The summed E-state index contributed by atoms with van der Waals surface area (Å²) in [4.78, 5) is 15.4. The van der Waals surface area contributed by atoms with Gasteiger partial charge >= 0.3 is 6.09 Å². The number of carboxylic acid groups (broad SMARTS) is 1. The van der Waals surface area contributed by atoms with Gasteiger partial charge in [-0.3, -0.25) is 0 Å². The Balaban J connectivity index is 0.00000312. The molecule has 1 amide bonds. The minimum absolute atomic E-state index is 0. The van der Waals surface area contributed by atoms with Gasteiger partial charge < -0.3 is 14.9 Å². The molecule has 0 aromatic heterocycles. The van der Waals surface area contributed by atoms with E-state index in [2.05, 4.69) is 57.1 Å². The van der Waals surface area contributed by atoms with E-state index in [1.54, 1.807) is 4.90 Å². The van der Waals surface area contributed by atoms with Crippen LogP contribution >= 0.6 is 12.4 Å². The number of likely N-dealkylation sites (tertiary alicyclic amines) is 1. The van der Waals surface area contributed by atoms with Gasteiger partial charge in [-0.15, -0.1) is 12.4 Å². The average molecular weight is 369 g/mol. The number of carbonyl (C=O) groups is 1. The van der Waals surface area contributed by atoms with Crippen LogP contribution in [0, 0.1) is 5.92 Å². The summed E-state index contributed by atoms with van der Waals surface area (Å²) in [6.45, 7) is 6.27. The Labute approximate surface area is 158 Å². The summed E-state index contributed by atoms with van der Waals surface area (Å²) in [6.07, 6.45) is 3.32. The summed E-state index contributed by atoms with van der Waals surface area (Å²) >= 11 is 0. The van der Waals surface area contributed by atoms with Gasteiger partial charge in [-0.2, -0.15) is 0 Å². The number of piperidine rings is 1. The van der Waals surface area contributed by atoms with E-state index in [-0.39, 0.29) is 18.4 Å². The summed E-state index contributed by atoms with van der Waals surface area (Å²) in [6, 6.07) is 8.67. The maximum Gasteiger partial charge on any atom is 0.407 e. The molecule has 0 radical (unpaired) electrons. The van der Waals surface area contributed by atoms with Crippen molar-refractivity contribution in [2.45, 2.75) is 51.5 Å². The maximum absolute atomic E-state index is 11.6. The van der Waals surface area contributed by atoms with Gasteiger partial charge in [0.05, 0.1) is 6.04 Å². The van der Waals surface area contributed by atoms with E-state index >= 15 is 0 Å². The van der Waals surface area contributed by atoms with Crippen LogP contribution in [-0.2, 0) is 0 Å². The fourth-order valence-electron chi connectivity index (χ4n) is 4.17. The van der Waals surface area contributed by atoms with Crippen molar-refractivity contribution in [2.75, 3.05) is 27.2 Å². The second kappa shape index (κ2) is 10.0. The van der Waals surface area contributed by atoms with Crippen LogP contribution in [-0.4, -0.2) is 48.2 Å². The lowest BCUT2D eigenvalue weighted by atomic mass is 9.83. The van der Waals surface area contributed by atoms with E-state index in [9.17, 15) is 9.90 Å². The van der Waals surface area contributed by atoms with Crippen molar-refractivity contribution in [1.82, 2.24) is 9.80 Å². The molecule has 0 bridgehead atoms. The first-order valence-electron chi connectivity index (χ1n) is 9.18. The molecule has 1 unspecified atom stereocenters. The highest BCUT2D eigenvalue weighted by Gasteiger charge is 2.28. The lowest BCUT2D eigenvalue weighted by molar-refractivity contribution is 0.106. The van der Waals surface area contributed by atoms with Gasteiger partial charge in [0, 0.05) is 13.1 Å². The molecular weight excluding hydrogens is 336 g/mol. The summed E-state index contributed by atoms with van der Waals surface area (Å²) in [5.74, 6) is 1.08. The smallest absolute Gasteiger partial charge is 0.407 e. The molecule has 3 atom stereocenters. The Bertz CT molecular complexity index is 550. The van der Waals surface area contributed by atoms with Gasteiger partial charge in [-0.05, 0) is 62.7 Å². The molecule has 0 aliphatic carbocycles. The Morgan fingerprint density at radius 1 is 1.36 bits per heavy atom. The lowest BCUT2D eigenvalue weighted by Crippen LogP contribution is -2.37. The van der Waals surface area contributed by atoms with Crippen molar-refractivity contribution in [1.29, 1.82) is 0 Å². The van der Waals surface area contributed by atoms with Gasteiger partial charge in [-0.1, -0.05) is 38.1 Å². The number of halogens is 1. The molecule has 142 valence electrons. The third-order valence-electron chi connectivity index (χ3n) is 5.25. The van der Waals surface area contributed by atoms with Crippen LogP contribution in [0.2, 0.25) is 0 Å². The molecule has 0 spiro atoms. The number of nitrogens with zero attached hydrogens (tertiary/aromatic N) is 2. The lowest BCUT2D eigenvalue weighted by Gasteiger charge is -2.34. The van der Waals surface area contributed by atoms with Gasteiger partial charge in [-0.25, -0.2) is 4.79 Å². The predicted octanol–water partition coefficient (Wildman–Crippen LogP) is 5.00. The van der Waals surface area contributed by atoms with Crippen LogP contribution in [0.15, 0.2) is 24.3 Å². The first-order chi connectivity index (χ1) is 11.4. The first kappa shape index (κ1) is 21.8. The summed E-state index contributed by atoms with van der Waals surface area (Å²) < 4.78 is 0. The molecular formula is C20H33ClN2O2. The maximum atomic E-state index is 11.6. The van der Waals surface area contributed by atoms with Gasteiger partial charge in [0.25, 0.3) is 0 Å². The van der Waals surface area contributed by atoms with E-state index in [1.165, 1.54) is 5.56 Å². The standard InChI is InChI=1S/C20H32N2O2.ClH/c1-5-18(15(2)14-21(3)4)16-9-8-10-17(13-16)19-11-6-7-12-22(19)20(23)24;/h8-10,13,15,18-19H,5-7,11-12,14H2,1-4H3,(H,23,24);1H/t15-,18+,19?;/m0./s1. The molecule has 5 heteroatoms. The van der Waals surface area contributed by atoms with Crippen LogP contribution in [0.3, 0.4) is 0 Å². The number of rotatable bonds is 6. The van der Waals surface area contributed by atoms with E-state index < -0.39 is 6.09 Å². The molecule has 1 saturated heterocycles. The molecule has 1 heterocycles. The third-order valence-corrected chi connectivity index (χ3v) is 5.25. The molecule has 4 nitrogen and oxygen atoms in total. The van der Waals surface area contributed by atoms with Gasteiger partial charge in [0.15, 0.2) is 0 Å². The quantitative estimate of drug-likeness (QED) is 0.767. The van der Waals surface area contributed by atoms with E-state index in [4.69, 9.17) is 0 Å². The van der Waals surface area contributed by atoms with E-state index in [0.29, 0.717) is 18.4 Å². The molecule has 1 aliphatic heterocycles. The molecule has 25 heavy (non-hydrogen) atoms. The second-order valence-corrected chi connectivity index (χ2v) is 7.41. The summed E-state index contributed by atoms with van der Waals surface area (Å²) in [5.41, 5.74) is 2.50. The van der Waals surface area contributed by atoms with Crippen LogP contribution in [0.5, 0.6) is 0 Å². The highest BCUT2D eigenvalue weighted by Crippen LogP contribution is 2.34. The molecule has 1 fully saturated rings. The number of benzene rings is 1. The first-order valence-corrected chi connectivity index (χ1v) is 9.18. The summed E-state index contributed by atoms with van der Waals surface area (Å²) in [5, 5.41) is 9.50. The number of hydrogen-bond acceptors (Lipinski definition) is 2. The zero-order chi connectivity index (χ0) is 17.7. The summed E-state index contributed by atoms with van der Waals surface area (Å²) in [7, 11) is 4.23. The SMILES string of the molecule is CC[C@@H](c1cccc(C2CCCCN2C(=O)O)c1)[C@@H](C)CN(C)C.Cl. The Morgan fingerprint density at radius 2 is 2.08 bits per heavy atom. The van der Waals surface area contributed by atoms with E-state index in [1.807, 2.05) is 0 Å². The minimum Gasteiger partial charge on any atom is -0.465 e. The van der Waals surface area contributed by atoms with Crippen molar-refractivity contribution in [2.24, 2.45) is 5.92 Å². The fourth-order valence-corrected chi connectivity index (χ4v) is 4.17. The molecule has 1 N–H and O–H groups in total. The van der Waals surface area contributed by atoms with Crippen molar-refractivity contribution in [3.8, 4) is 0 Å². The highest BCUT2D eigenvalue weighted by atomic mass is 35.5.